The van der Waals surface area contributed by atoms with Gasteiger partial charge < -0.3 is 4.90 Å². The molecular formula is C13H25NOS. The molecule has 0 fully saturated rings. The predicted molar refractivity (Wildman–Crippen MR) is 73.6 cm³/mol. The Morgan fingerprint density at radius 1 is 1.12 bits per heavy atom. The third-order valence-corrected chi connectivity index (χ3v) is 3.19. The van der Waals surface area contributed by atoms with E-state index in [2.05, 4.69) is 33.8 Å². The molecule has 3 heteroatoms. The lowest BCUT2D eigenvalue weighted by molar-refractivity contribution is -0.126. The smallest absolute Gasteiger partial charge is 0.259 e. The van der Waals surface area contributed by atoms with Crippen molar-refractivity contribution < 1.29 is 4.79 Å². The zero-order valence-corrected chi connectivity index (χ0v) is 12.4. The van der Waals surface area contributed by atoms with Crippen LogP contribution < -0.4 is 0 Å². The van der Waals surface area contributed by atoms with Crippen molar-refractivity contribution in [3.63, 3.8) is 0 Å². The van der Waals surface area contributed by atoms with Crippen molar-refractivity contribution in [3.05, 3.63) is 11.0 Å². The van der Waals surface area contributed by atoms with Gasteiger partial charge in [-0.2, -0.15) is 0 Å². The molecule has 0 rings (SSSR count). The van der Waals surface area contributed by atoms with Crippen molar-refractivity contribution >= 4 is 17.7 Å². The second-order valence-electron chi connectivity index (χ2n) is 4.95. The van der Waals surface area contributed by atoms with Gasteiger partial charge in [-0.25, -0.2) is 0 Å². The number of thioether (sulfide) groups is 1. The SMILES string of the molecule is CC(C)/C=C(\SC(C)C)C(=O)N(C)C(C)C. The first-order valence-corrected chi connectivity index (χ1v) is 6.79. The van der Waals surface area contributed by atoms with E-state index in [1.807, 2.05) is 20.9 Å². The fourth-order valence-corrected chi connectivity index (χ4v) is 2.23. The van der Waals surface area contributed by atoms with Gasteiger partial charge in [0.25, 0.3) is 5.91 Å². The van der Waals surface area contributed by atoms with Crippen molar-refractivity contribution in [1.82, 2.24) is 4.90 Å². The van der Waals surface area contributed by atoms with Gasteiger partial charge in [0.2, 0.25) is 0 Å². The molecule has 0 heterocycles. The summed E-state index contributed by atoms with van der Waals surface area (Å²) < 4.78 is 0. The van der Waals surface area contributed by atoms with E-state index in [0.29, 0.717) is 11.2 Å². The third-order valence-electron chi connectivity index (χ3n) is 2.15. The molecule has 0 saturated carbocycles. The fraction of sp³-hybridized carbons (Fsp3) is 0.769. The van der Waals surface area contributed by atoms with Gasteiger partial charge in [-0.3, -0.25) is 4.79 Å². The van der Waals surface area contributed by atoms with Crippen molar-refractivity contribution in [2.75, 3.05) is 7.05 Å². The van der Waals surface area contributed by atoms with E-state index in [-0.39, 0.29) is 11.9 Å². The number of nitrogens with zero attached hydrogens (tertiary/aromatic N) is 1. The van der Waals surface area contributed by atoms with Crippen molar-refractivity contribution in [2.45, 2.75) is 52.8 Å². The van der Waals surface area contributed by atoms with Gasteiger partial charge in [-0.15, -0.1) is 11.8 Å². The van der Waals surface area contributed by atoms with Crippen LogP contribution in [0.4, 0.5) is 0 Å². The van der Waals surface area contributed by atoms with Crippen LogP contribution >= 0.6 is 11.8 Å². The predicted octanol–water partition coefficient (Wildman–Crippen LogP) is 3.53. The highest BCUT2D eigenvalue weighted by molar-refractivity contribution is 8.04. The molecule has 0 aromatic rings. The minimum absolute atomic E-state index is 0.141. The lowest BCUT2D eigenvalue weighted by Crippen LogP contribution is -2.33. The van der Waals surface area contributed by atoms with Gasteiger partial charge in [0.15, 0.2) is 0 Å². The summed E-state index contributed by atoms with van der Waals surface area (Å²) in [5.41, 5.74) is 0. The Hall–Kier alpha value is -0.440. The maximum atomic E-state index is 12.2. The van der Waals surface area contributed by atoms with Crippen LogP contribution in [-0.4, -0.2) is 29.1 Å². The molecule has 0 spiro atoms. The minimum atomic E-state index is 0.141. The Labute approximate surface area is 104 Å². The van der Waals surface area contributed by atoms with Crippen LogP contribution in [-0.2, 0) is 4.79 Å². The van der Waals surface area contributed by atoms with Crippen molar-refractivity contribution in [2.24, 2.45) is 5.92 Å². The van der Waals surface area contributed by atoms with Gasteiger partial charge in [-0.1, -0.05) is 33.8 Å². The summed E-state index contributed by atoms with van der Waals surface area (Å²) in [7, 11) is 1.86. The fourth-order valence-electron chi connectivity index (χ4n) is 1.13. The van der Waals surface area contributed by atoms with Gasteiger partial charge in [-0.05, 0) is 19.8 Å². The van der Waals surface area contributed by atoms with Crippen LogP contribution in [0.5, 0.6) is 0 Å². The summed E-state index contributed by atoms with van der Waals surface area (Å²) in [6, 6.07) is 0.246. The van der Waals surface area contributed by atoms with E-state index in [4.69, 9.17) is 0 Å². The molecule has 1 amide bonds. The molecule has 0 unspecified atom stereocenters. The van der Waals surface area contributed by atoms with Crippen LogP contribution in [0.2, 0.25) is 0 Å². The Morgan fingerprint density at radius 3 is 1.94 bits per heavy atom. The first-order valence-electron chi connectivity index (χ1n) is 5.91. The molecule has 0 saturated heterocycles. The van der Waals surface area contributed by atoms with E-state index in [0.717, 1.165) is 4.91 Å². The Morgan fingerprint density at radius 2 is 1.62 bits per heavy atom. The van der Waals surface area contributed by atoms with Gasteiger partial charge in [0.05, 0.1) is 4.91 Å². The van der Waals surface area contributed by atoms with Crippen LogP contribution in [0.1, 0.15) is 41.5 Å². The van der Waals surface area contributed by atoms with Gasteiger partial charge >= 0.3 is 0 Å². The van der Waals surface area contributed by atoms with E-state index >= 15 is 0 Å². The summed E-state index contributed by atoms with van der Waals surface area (Å²) in [6.07, 6.45) is 2.06. The Kier molecular flexibility index (Phi) is 6.81. The molecule has 2 nitrogen and oxygen atoms in total. The molecule has 0 aromatic heterocycles. The van der Waals surface area contributed by atoms with Gasteiger partial charge in [0.1, 0.15) is 0 Å². The maximum absolute atomic E-state index is 12.2. The highest BCUT2D eigenvalue weighted by Crippen LogP contribution is 2.25. The molecule has 0 aromatic carbocycles. The summed E-state index contributed by atoms with van der Waals surface area (Å²) in [5, 5.41) is 0.439. The summed E-state index contributed by atoms with van der Waals surface area (Å²) in [5.74, 6) is 0.549. The number of amides is 1. The van der Waals surface area contributed by atoms with Crippen LogP contribution in [0, 0.1) is 5.92 Å². The quantitative estimate of drug-likeness (QED) is 0.688. The van der Waals surface area contributed by atoms with E-state index in [1.165, 1.54) is 0 Å². The minimum Gasteiger partial charge on any atom is -0.339 e. The molecule has 0 aliphatic carbocycles. The largest absolute Gasteiger partial charge is 0.339 e. The van der Waals surface area contributed by atoms with Crippen LogP contribution in [0.15, 0.2) is 11.0 Å². The number of hydrogen-bond donors (Lipinski definition) is 0. The number of allylic oxidation sites excluding steroid dienone is 1. The monoisotopic (exact) mass is 243 g/mol. The van der Waals surface area contributed by atoms with Crippen LogP contribution in [0.3, 0.4) is 0 Å². The number of hydrogen-bond acceptors (Lipinski definition) is 2. The molecule has 0 aliphatic heterocycles. The summed E-state index contributed by atoms with van der Waals surface area (Å²) in [6.45, 7) is 12.5. The number of likely N-dealkylation sites (N-methyl/N-ethyl adjacent to an activating group) is 1. The first-order chi connectivity index (χ1) is 7.25. The summed E-state index contributed by atoms with van der Waals surface area (Å²) in [4.78, 5) is 14.9. The lowest BCUT2D eigenvalue weighted by atomic mass is 10.2. The molecule has 0 aliphatic rings. The Balaban J connectivity index is 4.83. The van der Waals surface area contributed by atoms with E-state index in [9.17, 15) is 4.79 Å². The van der Waals surface area contributed by atoms with Gasteiger partial charge in [0, 0.05) is 18.3 Å². The summed E-state index contributed by atoms with van der Waals surface area (Å²) >= 11 is 1.65. The van der Waals surface area contributed by atoms with E-state index < -0.39 is 0 Å². The highest BCUT2D eigenvalue weighted by Gasteiger charge is 2.18. The molecule has 0 bridgehead atoms. The number of carbonyl (C=O) groups excluding carboxylic acids is 1. The van der Waals surface area contributed by atoms with E-state index in [1.54, 1.807) is 16.7 Å². The molecule has 0 atom stereocenters. The van der Waals surface area contributed by atoms with Crippen molar-refractivity contribution in [3.8, 4) is 0 Å². The molecule has 94 valence electrons. The Bertz CT molecular complexity index is 257. The topological polar surface area (TPSA) is 20.3 Å². The third kappa shape index (κ3) is 5.59. The zero-order valence-electron chi connectivity index (χ0n) is 11.6. The van der Waals surface area contributed by atoms with Crippen LogP contribution in [0.25, 0.3) is 0 Å². The van der Waals surface area contributed by atoms with Crippen molar-refractivity contribution in [1.29, 1.82) is 0 Å². The second kappa shape index (κ2) is 7.00. The molecule has 0 radical (unpaired) electrons. The molecule has 0 N–H and O–H groups in total. The lowest BCUT2D eigenvalue weighted by Gasteiger charge is -2.23. The molecule has 16 heavy (non-hydrogen) atoms. The normalized spacial score (nSPS) is 12.8. The molecular weight excluding hydrogens is 218 g/mol. The number of rotatable bonds is 5. The zero-order chi connectivity index (χ0) is 12.9. The standard InChI is InChI=1S/C13H25NOS/c1-9(2)8-12(16-11(5)6)13(15)14(7)10(3)4/h8-11H,1-7H3/b12-8-. The first kappa shape index (κ1) is 15.6. The second-order valence-corrected chi connectivity index (χ2v) is 6.57. The maximum Gasteiger partial charge on any atom is 0.259 e. The highest BCUT2D eigenvalue weighted by atomic mass is 32.2. The average molecular weight is 243 g/mol. The number of carbonyl (C=O) groups is 1. The average Bonchev–Trinajstić information content (AvgIpc) is 2.12.